The Balaban J connectivity index is 1.55. The van der Waals surface area contributed by atoms with E-state index in [1.165, 1.54) is 12.7 Å². The van der Waals surface area contributed by atoms with Gasteiger partial charge in [0.1, 0.15) is 23.4 Å². The Kier molecular flexibility index (Phi) is 3.64. The average Bonchev–Trinajstić information content (AvgIpc) is 3.36. The number of nitrogens with zero attached hydrogens (tertiary/aromatic N) is 5. The Morgan fingerprint density at radius 2 is 1.97 bits per heavy atom. The molecular formula is C22H18N6S. The fourth-order valence-corrected chi connectivity index (χ4v) is 4.63. The lowest BCUT2D eigenvalue weighted by Gasteiger charge is -2.23. The van der Waals surface area contributed by atoms with Gasteiger partial charge in [-0.05, 0) is 36.4 Å². The fourth-order valence-electron chi connectivity index (χ4n) is 3.94. The number of pyridine rings is 1. The van der Waals surface area contributed by atoms with E-state index in [0.29, 0.717) is 11.7 Å². The predicted octanol–water partition coefficient (Wildman–Crippen LogP) is 4.92. The maximum Gasteiger partial charge on any atom is 0.153 e. The molecule has 6 nitrogen and oxygen atoms in total. The molecule has 4 aromatic heterocycles. The lowest BCUT2D eigenvalue weighted by molar-refractivity contribution is 0.396. The Morgan fingerprint density at radius 3 is 2.76 bits per heavy atom. The molecular weight excluding hydrogens is 380 g/mol. The number of hydrogen-bond donors (Lipinski definition) is 1. The van der Waals surface area contributed by atoms with Crippen LogP contribution in [0.3, 0.4) is 0 Å². The first-order valence-electron chi connectivity index (χ1n) is 9.72. The second-order valence-corrected chi connectivity index (χ2v) is 8.38. The van der Waals surface area contributed by atoms with Crippen LogP contribution < -0.4 is 5.73 Å². The third-order valence-corrected chi connectivity index (χ3v) is 6.59. The Labute approximate surface area is 171 Å². The Morgan fingerprint density at radius 1 is 1.07 bits per heavy atom. The summed E-state index contributed by atoms with van der Waals surface area (Å²) in [7, 11) is 0. The number of fused-ring (bicyclic) bond motifs is 2. The van der Waals surface area contributed by atoms with Gasteiger partial charge in [0.05, 0.1) is 16.1 Å². The lowest BCUT2D eigenvalue weighted by Crippen LogP contribution is -2.14. The quantitative estimate of drug-likeness (QED) is 0.466. The molecule has 4 heterocycles. The average molecular weight is 398 g/mol. The molecule has 1 aliphatic carbocycles. The number of imidazole rings is 1. The van der Waals surface area contributed by atoms with Crippen LogP contribution in [-0.2, 0) is 0 Å². The smallest absolute Gasteiger partial charge is 0.153 e. The zero-order valence-electron chi connectivity index (χ0n) is 15.6. The maximum absolute atomic E-state index is 6.24. The lowest BCUT2D eigenvalue weighted by atomic mass is 9.85. The first-order chi connectivity index (χ1) is 14.3. The van der Waals surface area contributed by atoms with Crippen LogP contribution in [0.2, 0.25) is 0 Å². The van der Waals surface area contributed by atoms with Crippen LogP contribution in [0.1, 0.15) is 31.0 Å². The van der Waals surface area contributed by atoms with Crippen molar-refractivity contribution in [2.24, 2.45) is 0 Å². The highest BCUT2D eigenvalue weighted by Crippen LogP contribution is 2.39. The summed E-state index contributed by atoms with van der Waals surface area (Å²) in [5.74, 6) is 1.87. The van der Waals surface area contributed by atoms with Gasteiger partial charge in [-0.25, -0.2) is 19.5 Å². The maximum atomic E-state index is 6.24. The number of nitrogens with two attached hydrogens (primary N) is 1. The van der Waals surface area contributed by atoms with Crippen molar-refractivity contribution < 1.29 is 0 Å². The van der Waals surface area contributed by atoms with Crippen molar-refractivity contribution >= 4 is 33.6 Å². The number of nitrogen functional groups attached to an aromatic ring is 1. The van der Waals surface area contributed by atoms with Gasteiger partial charge in [-0.15, -0.1) is 11.3 Å². The molecule has 0 saturated heterocycles. The summed E-state index contributed by atoms with van der Waals surface area (Å²) in [5, 5.41) is 7.62. The molecule has 1 fully saturated rings. The van der Waals surface area contributed by atoms with E-state index in [2.05, 4.69) is 51.9 Å². The van der Waals surface area contributed by atoms with E-state index in [9.17, 15) is 0 Å². The minimum absolute atomic E-state index is 0.439. The third kappa shape index (κ3) is 2.61. The van der Waals surface area contributed by atoms with Crippen LogP contribution in [0.5, 0.6) is 0 Å². The highest BCUT2D eigenvalue weighted by Gasteiger charge is 2.27. The first kappa shape index (κ1) is 16.6. The van der Waals surface area contributed by atoms with E-state index < -0.39 is 0 Å². The second-order valence-electron chi connectivity index (χ2n) is 7.43. The number of anilines is 1. The van der Waals surface area contributed by atoms with Gasteiger partial charge in [-0.1, -0.05) is 30.7 Å². The van der Waals surface area contributed by atoms with Gasteiger partial charge < -0.3 is 5.73 Å². The van der Waals surface area contributed by atoms with Gasteiger partial charge in [-0.3, -0.25) is 0 Å². The summed E-state index contributed by atoms with van der Waals surface area (Å²) >= 11 is 1.69. The van der Waals surface area contributed by atoms with Crippen molar-refractivity contribution in [3.05, 3.63) is 60.0 Å². The molecule has 7 heteroatoms. The largest absolute Gasteiger partial charge is 0.382 e. The third-order valence-electron chi connectivity index (χ3n) is 5.70. The molecule has 1 aliphatic rings. The molecule has 1 aromatic carbocycles. The molecule has 1 saturated carbocycles. The van der Waals surface area contributed by atoms with Crippen molar-refractivity contribution in [2.75, 3.05) is 5.73 Å². The zero-order valence-corrected chi connectivity index (χ0v) is 16.4. The summed E-state index contributed by atoms with van der Waals surface area (Å²) in [6.45, 7) is 0. The molecule has 29 heavy (non-hydrogen) atoms. The van der Waals surface area contributed by atoms with E-state index in [1.54, 1.807) is 11.3 Å². The van der Waals surface area contributed by atoms with Crippen molar-refractivity contribution in [3.8, 4) is 21.8 Å². The number of benzene rings is 1. The van der Waals surface area contributed by atoms with Gasteiger partial charge in [0.25, 0.3) is 0 Å². The van der Waals surface area contributed by atoms with E-state index in [-0.39, 0.29) is 0 Å². The Bertz CT molecular complexity index is 1350. The predicted molar refractivity (Wildman–Crippen MR) is 116 cm³/mol. The summed E-state index contributed by atoms with van der Waals surface area (Å²) in [5.41, 5.74) is 10.8. The minimum atomic E-state index is 0.439. The molecule has 0 radical (unpaired) electrons. The summed E-state index contributed by atoms with van der Waals surface area (Å²) in [6.07, 6.45) is 5.03. The number of thiophene rings is 1. The van der Waals surface area contributed by atoms with Gasteiger partial charge in [0.15, 0.2) is 5.82 Å². The number of rotatable bonds is 3. The summed E-state index contributed by atoms with van der Waals surface area (Å²) in [4.78, 5) is 15.2. The van der Waals surface area contributed by atoms with Crippen LogP contribution in [0.15, 0.2) is 54.2 Å². The van der Waals surface area contributed by atoms with Gasteiger partial charge in [0, 0.05) is 16.9 Å². The van der Waals surface area contributed by atoms with E-state index >= 15 is 0 Å². The second kappa shape index (κ2) is 6.35. The van der Waals surface area contributed by atoms with Crippen LogP contribution in [0.4, 0.5) is 5.82 Å². The number of hydrogen-bond acceptors (Lipinski definition) is 6. The highest BCUT2D eigenvalue weighted by atomic mass is 32.1. The van der Waals surface area contributed by atoms with Crippen LogP contribution in [-0.4, -0.2) is 24.6 Å². The first-order valence-corrected chi connectivity index (χ1v) is 10.6. The van der Waals surface area contributed by atoms with Crippen LogP contribution in [0.25, 0.3) is 38.2 Å². The van der Waals surface area contributed by atoms with Crippen molar-refractivity contribution in [3.63, 3.8) is 0 Å². The van der Waals surface area contributed by atoms with Gasteiger partial charge >= 0.3 is 0 Å². The number of aromatic nitrogens is 5. The normalized spacial score (nSPS) is 14.5. The minimum Gasteiger partial charge on any atom is -0.382 e. The molecule has 0 atom stereocenters. The van der Waals surface area contributed by atoms with Crippen molar-refractivity contribution in [2.45, 2.75) is 25.2 Å². The molecule has 0 bridgehead atoms. The van der Waals surface area contributed by atoms with E-state index in [0.717, 1.165) is 56.9 Å². The monoisotopic (exact) mass is 398 g/mol. The van der Waals surface area contributed by atoms with E-state index in [4.69, 9.17) is 15.7 Å². The van der Waals surface area contributed by atoms with Crippen molar-refractivity contribution in [1.82, 2.24) is 24.6 Å². The zero-order chi connectivity index (χ0) is 19.4. The Hall–Kier alpha value is -3.32. The molecule has 0 unspecified atom stereocenters. The molecule has 0 aliphatic heterocycles. The van der Waals surface area contributed by atoms with Crippen molar-refractivity contribution in [1.29, 1.82) is 0 Å². The molecule has 0 spiro atoms. The summed E-state index contributed by atoms with van der Waals surface area (Å²) in [6, 6.07) is 14.6. The summed E-state index contributed by atoms with van der Waals surface area (Å²) < 4.78 is 1.88. The molecule has 2 N–H and O–H groups in total. The molecule has 6 rings (SSSR count). The van der Waals surface area contributed by atoms with Gasteiger partial charge in [-0.2, -0.15) is 5.10 Å². The van der Waals surface area contributed by atoms with Crippen LogP contribution >= 0.6 is 11.3 Å². The van der Waals surface area contributed by atoms with Gasteiger partial charge in [0.2, 0.25) is 0 Å². The van der Waals surface area contributed by atoms with Crippen LogP contribution in [0, 0.1) is 0 Å². The highest BCUT2D eigenvalue weighted by molar-refractivity contribution is 7.13. The SMILES string of the molecule is Nc1ncnn2c(C3CCC3)nc(-c3ccc4ccc(-c5cccs5)nc4c3)c12. The molecule has 5 aromatic rings. The molecule has 142 valence electrons. The standard InChI is InChI=1S/C22H18N6S/c23-21-20-19(27-22(14-3-1-4-14)28(20)25-12-24-21)15-7-6-13-8-9-16(26-17(13)11-15)18-5-2-10-29-18/h2,5-12,14H,1,3-4H2,(H2,23,24,25). The molecule has 0 amide bonds. The topological polar surface area (TPSA) is 82.0 Å². The fraction of sp³-hybridized carbons (Fsp3) is 0.182. The van der Waals surface area contributed by atoms with E-state index in [1.807, 2.05) is 10.6 Å².